The summed E-state index contributed by atoms with van der Waals surface area (Å²) < 4.78 is 27.2. The van der Waals surface area contributed by atoms with Crippen molar-refractivity contribution in [3.63, 3.8) is 0 Å². The summed E-state index contributed by atoms with van der Waals surface area (Å²) in [4.78, 5) is 3.97. The van der Waals surface area contributed by atoms with Crippen molar-refractivity contribution in [3.05, 3.63) is 22.9 Å². The fourth-order valence-corrected chi connectivity index (χ4v) is 3.23. The van der Waals surface area contributed by atoms with E-state index in [1.807, 2.05) is 6.92 Å². The average molecular weight is 342 g/mol. The van der Waals surface area contributed by atoms with Crippen molar-refractivity contribution in [2.45, 2.75) is 24.8 Å². The highest BCUT2D eigenvalue weighted by atomic mass is 79.9. The molecule has 0 radical (unpaired) electrons. The summed E-state index contributed by atoms with van der Waals surface area (Å²) in [6.45, 7) is 3.68. The first-order valence-electron chi connectivity index (χ1n) is 5.05. The molecular formula is C10H14BrClN2O2S. The summed E-state index contributed by atoms with van der Waals surface area (Å²) in [5, 5.41) is 0. The summed E-state index contributed by atoms with van der Waals surface area (Å²) in [7, 11) is -3.54. The molecule has 1 heterocycles. The van der Waals surface area contributed by atoms with Crippen LogP contribution < -0.4 is 4.72 Å². The van der Waals surface area contributed by atoms with E-state index in [4.69, 9.17) is 11.6 Å². The molecule has 1 aromatic rings. The van der Waals surface area contributed by atoms with Gasteiger partial charge in [0.25, 0.3) is 0 Å². The lowest BCUT2D eigenvalue weighted by molar-refractivity contribution is 0.480. The number of aromatic nitrogens is 1. The zero-order valence-electron chi connectivity index (χ0n) is 9.52. The van der Waals surface area contributed by atoms with Gasteiger partial charge in [-0.05, 0) is 34.8 Å². The topological polar surface area (TPSA) is 59.1 Å². The highest BCUT2D eigenvalue weighted by molar-refractivity contribution is 9.10. The van der Waals surface area contributed by atoms with Crippen molar-refractivity contribution in [3.8, 4) is 0 Å². The zero-order chi connectivity index (χ0) is 13.1. The summed E-state index contributed by atoms with van der Waals surface area (Å²) in [6.07, 6.45) is 2.84. The third-order valence-electron chi connectivity index (χ3n) is 2.43. The van der Waals surface area contributed by atoms with E-state index in [2.05, 4.69) is 25.6 Å². The SMILES string of the molecule is CC(CCl)C(C)NS(=O)(=O)c1cncc(Br)c1. The molecule has 1 aromatic heterocycles. The third-order valence-corrected chi connectivity index (χ3v) is 4.87. The van der Waals surface area contributed by atoms with E-state index in [-0.39, 0.29) is 16.9 Å². The van der Waals surface area contributed by atoms with Gasteiger partial charge in [0.1, 0.15) is 4.90 Å². The van der Waals surface area contributed by atoms with Crippen molar-refractivity contribution in [1.29, 1.82) is 0 Å². The highest BCUT2D eigenvalue weighted by Gasteiger charge is 2.21. The maximum atomic E-state index is 12.0. The van der Waals surface area contributed by atoms with Crippen LogP contribution in [0.5, 0.6) is 0 Å². The predicted molar refractivity (Wildman–Crippen MR) is 71.6 cm³/mol. The summed E-state index contributed by atoms with van der Waals surface area (Å²) in [5.41, 5.74) is 0. The maximum Gasteiger partial charge on any atom is 0.242 e. The van der Waals surface area contributed by atoms with Crippen molar-refractivity contribution in [2.75, 3.05) is 5.88 Å². The number of hydrogen-bond acceptors (Lipinski definition) is 3. The smallest absolute Gasteiger partial charge is 0.242 e. The number of pyridine rings is 1. The first-order valence-corrected chi connectivity index (χ1v) is 7.86. The van der Waals surface area contributed by atoms with Crippen LogP contribution in [0.25, 0.3) is 0 Å². The lowest BCUT2D eigenvalue weighted by Gasteiger charge is -2.18. The largest absolute Gasteiger partial charge is 0.262 e. The van der Waals surface area contributed by atoms with Crippen molar-refractivity contribution < 1.29 is 8.42 Å². The van der Waals surface area contributed by atoms with Crippen LogP contribution in [0.15, 0.2) is 27.8 Å². The first-order chi connectivity index (χ1) is 7.86. The number of nitrogens with one attached hydrogen (secondary N) is 1. The Bertz CT molecular complexity index is 481. The zero-order valence-corrected chi connectivity index (χ0v) is 12.7. The Labute approximate surface area is 115 Å². The molecule has 17 heavy (non-hydrogen) atoms. The Hall–Kier alpha value is -0.170. The molecule has 4 nitrogen and oxygen atoms in total. The predicted octanol–water partition coefficient (Wildman–Crippen LogP) is 2.39. The Morgan fingerprint density at radius 3 is 2.65 bits per heavy atom. The second-order valence-corrected chi connectivity index (χ2v) is 6.82. The molecular weight excluding hydrogens is 328 g/mol. The quantitative estimate of drug-likeness (QED) is 0.837. The van der Waals surface area contributed by atoms with E-state index < -0.39 is 10.0 Å². The number of alkyl halides is 1. The molecule has 0 saturated heterocycles. The van der Waals surface area contributed by atoms with Gasteiger partial charge >= 0.3 is 0 Å². The van der Waals surface area contributed by atoms with E-state index in [0.29, 0.717) is 10.4 Å². The van der Waals surface area contributed by atoms with Gasteiger partial charge in [-0.15, -0.1) is 11.6 Å². The van der Waals surface area contributed by atoms with Gasteiger partial charge in [-0.1, -0.05) is 6.92 Å². The minimum absolute atomic E-state index is 0.0616. The molecule has 96 valence electrons. The van der Waals surface area contributed by atoms with Gasteiger partial charge in [-0.3, -0.25) is 4.98 Å². The van der Waals surface area contributed by atoms with Crippen LogP contribution in [-0.2, 0) is 10.0 Å². The molecule has 0 spiro atoms. The van der Waals surface area contributed by atoms with Crippen LogP contribution in [0.3, 0.4) is 0 Å². The van der Waals surface area contributed by atoms with Crippen LogP contribution >= 0.6 is 27.5 Å². The van der Waals surface area contributed by atoms with Gasteiger partial charge in [-0.2, -0.15) is 0 Å². The van der Waals surface area contributed by atoms with Crippen molar-refractivity contribution in [2.24, 2.45) is 5.92 Å². The number of rotatable bonds is 5. The number of nitrogens with zero attached hydrogens (tertiary/aromatic N) is 1. The van der Waals surface area contributed by atoms with Crippen molar-refractivity contribution >= 4 is 37.6 Å². The molecule has 7 heteroatoms. The maximum absolute atomic E-state index is 12.0. The third kappa shape index (κ3) is 4.21. The first kappa shape index (κ1) is 14.9. The minimum atomic E-state index is -3.54. The van der Waals surface area contributed by atoms with Crippen LogP contribution in [0.2, 0.25) is 0 Å². The van der Waals surface area contributed by atoms with Gasteiger partial charge in [0.2, 0.25) is 10.0 Å². The van der Waals surface area contributed by atoms with Crippen molar-refractivity contribution in [1.82, 2.24) is 9.71 Å². The van der Waals surface area contributed by atoms with Gasteiger partial charge in [0.15, 0.2) is 0 Å². The van der Waals surface area contributed by atoms with Gasteiger partial charge < -0.3 is 0 Å². The van der Waals surface area contributed by atoms with Crippen LogP contribution in [0.1, 0.15) is 13.8 Å². The lowest BCUT2D eigenvalue weighted by atomic mass is 10.1. The van der Waals surface area contributed by atoms with E-state index in [0.717, 1.165) is 0 Å². The molecule has 1 N–H and O–H groups in total. The Morgan fingerprint density at radius 1 is 1.47 bits per heavy atom. The molecule has 0 bridgehead atoms. The van der Waals surface area contributed by atoms with E-state index in [1.165, 1.54) is 18.5 Å². The molecule has 0 aromatic carbocycles. The summed E-state index contributed by atoms with van der Waals surface area (Å²) in [5.74, 6) is 0.465. The van der Waals surface area contributed by atoms with E-state index >= 15 is 0 Å². The molecule has 0 aliphatic rings. The van der Waals surface area contributed by atoms with Crippen LogP contribution in [0, 0.1) is 5.92 Å². The Balaban J connectivity index is 2.89. The van der Waals surface area contributed by atoms with Crippen LogP contribution in [0.4, 0.5) is 0 Å². The monoisotopic (exact) mass is 340 g/mol. The molecule has 2 atom stereocenters. The lowest BCUT2D eigenvalue weighted by Crippen LogP contribution is -2.37. The van der Waals surface area contributed by atoms with Gasteiger partial charge in [-0.25, -0.2) is 13.1 Å². The van der Waals surface area contributed by atoms with Crippen LogP contribution in [-0.4, -0.2) is 25.3 Å². The molecule has 0 fully saturated rings. The Kier molecular flexibility index (Phi) is 5.37. The average Bonchev–Trinajstić information content (AvgIpc) is 2.27. The molecule has 2 unspecified atom stereocenters. The number of halogens is 2. The highest BCUT2D eigenvalue weighted by Crippen LogP contribution is 2.15. The number of sulfonamides is 1. The standard InChI is InChI=1S/C10H14BrClN2O2S/c1-7(4-12)8(2)14-17(15,16)10-3-9(11)5-13-6-10/h3,5-8,14H,4H2,1-2H3. The Morgan fingerprint density at radius 2 is 2.12 bits per heavy atom. The summed E-state index contributed by atoms with van der Waals surface area (Å²) >= 11 is 8.88. The summed E-state index contributed by atoms with van der Waals surface area (Å²) in [6, 6.07) is 1.28. The minimum Gasteiger partial charge on any atom is -0.262 e. The molecule has 1 rings (SSSR count). The molecule has 0 amide bonds. The molecule has 0 saturated carbocycles. The fraction of sp³-hybridized carbons (Fsp3) is 0.500. The fourth-order valence-electron chi connectivity index (χ4n) is 1.10. The van der Waals surface area contributed by atoms with Gasteiger partial charge in [0.05, 0.1) is 0 Å². The van der Waals surface area contributed by atoms with E-state index in [1.54, 1.807) is 6.92 Å². The normalized spacial score (nSPS) is 15.5. The molecule has 0 aliphatic heterocycles. The molecule has 0 aliphatic carbocycles. The van der Waals surface area contributed by atoms with E-state index in [9.17, 15) is 8.42 Å². The van der Waals surface area contributed by atoms with Gasteiger partial charge in [0, 0.05) is 28.8 Å². The second kappa shape index (κ2) is 6.13. The number of hydrogen-bond donors (Lipinski definition) is 1. The second-order valence-electron chi connectivity index (χ2n) is 3.88.